The van der Waals surface area contributed by atoms with Gasteiger partial charge >= 0.3 is 255 Å². The molecule has 0 atom stereocenters. The van der Waals surface area contributed by atoms with Crippen molar-refractivity contribution in [3.8, 4) is 44.5 Å². The minimum Gasteiger partial charge on any atom is -0.0616 e. The van der Waals surface area contributed by atoms with Gasteiger partial charge in [0, 0.05) is 0 Å². The predicted octanol–water partition coefficient (Wildman–Crippen LogP) is 13.9. The maximum absolute atomic E-state index is 6.97. The number of benzene rings is 8. The van der Waals surface area contributed by atoms with E-state index in [0.29, 0.717) is 0 Å². The van der Waals surface area contributed by atoms with E-state index < -0.39 is 19.8 Å². The number of hydrogen-bond donors (Lipinski definition) is 0. The summed E-state index contributed by atoms with van der Waals surface area (Å²) < 4.78 is 18.3. The van der Waals surface area contributed by atoms with Crippen LogP contribution in [0.25, 0.3) is 88.4 Å². The van der Waals surface area contributed by atoms with E-state index in [2.05, 4.69) is 170 Å². The van der Waals surface area contributed by atoms with Gasteiger partial charge in [0.25, 0.3) is 0 Å². The molecule has 0 spiro atoms. The van der Waals surface area contributed by atoms with E-state index in [1.165, 1.54) is 33.0 Å². The summed E-state index contributed by atoms with van der Waals surface area (Å²) in [7, 11) is 0. The van der Waals surface area contributed by atoms with Crippen molar-refractivity contribution in [1.29, 1.82) is 0 Å². The molecule has 0 aliphatic carbocycles. The second-order valence-corrected chi connectivity index (χ2v) is 18.2. The Balaban J connectivity index is 1.20. The maximum atomic E-state index is 6.97. The third-order valence-electron chi connectivity index (χ3n) is 10.2. The fourth-order valence-corrected chi connectivity index (χ4v) is 14.3. The Kier molecular flexibility index (Phi) is 6.40. The molecule has 0 amide bonds. The number of furan rings is 2. The van der Waals surface area contributed by atoms with Crippen molar-refractivity contribution >= 4 is 63.7 Å². The number of halogens is 1. The summed E-state index contributed by atoms with van der Waals surface area (Å²) in [5.74, 6) is 0. The third-order valence-corrected chi connectivity index (χ3v) is 16.4. The van der Waals surface area contributed by atoms with Crippen molar-refractivity contribution in [2.45, 2.75) is 0 Å². The van der Waals surface area contributed by atoms with Crippen LogP contribution in [0.15, 0.2) is 185 Å². The van der Waals surface area contributed by atoms with Crippen LogP contribution in [0, 0.1) is 10.7 Å². The average Bonchev–Trinajstić information content (AvgIpc) is 3.87. The zero-order valence-corrected chi connectivity index (χ0v) is 29.6. The van der Waals surface area contributed by atoms with Gasteiger partial charge in [-0.05, 0) is 6.07 Å². The molecule has 0 radical (unpaired) electrons. The summed E-state index contributed by atoms with van der Waals surface area (Å²) in [6, 6.07) is 63.6. The van der Waals surface area contributed by atoms with E-state index in [9.17, 15) is 0 Å². The molecule has 8 aromatic carbocycles. The van der Waals surface area contributed by atoms with Gasteiger partial charge in [0.05, 0.1) is 0 Å². The van der Waals surface area contributed by atoms with Crippen LogP contribution in [0.4, 0.5) is 0 Å². The third kappa shape index (κ3) is 4.34. The quantitative estimate of drug-likeness (QED) is 0.167. The van der Waals surface area contributed by atoms with Crippen LogP contribution in [0.5, 0.6) is 0 Å². The van der Waals surface area contributed by atoms with E-state index in [-0.39, 0.29) is 0 Å². The summed E-state index contributed by atoms with van der Waals surface area (Å²) in [6.07, 6.45) is 0. The molecule has 3 heteroatoms. The van der Waals surface area contributed by atoms with Crippen molar-refractivity contribution in [3.05, 3.63) is 187 Å². The van der Waals surface area contributed by atoms with Crippen LogP contribution in [-0.4, -0.2) is 0 Å². The molecule has 0 N–H and O–H groups in total. The van der Waals surface area contributed by atoms with E-state index in [1.54, 1.807) is 0 Å². The SMILES string of the molecule is c1ccc(-c2c3oc4ccc(-c5ccc6c(c5)-c5ccccc5I6c5ccccc5)cc4c3c(-c3ccccc3)c3oc4ccccc4c23)cc1. The predicted molar refractivity (Wildman–Crippen MR) is 219 cm³/mol. The molecular weight excluding hydrogens is 735 g/mol. The molecule has 0 saturated carbocycles. The zero-order chi connectivity index (χ0) is 33.5. The number of rotatable bonds is 4. The van der Waals surface area contributed by atoms with E-state index in [4.69, 9.17) is 8.83 Å². The van der Waals surface area contributed by atoms with Crippen LogP contribution in [0.2, 0.25) is 0 Å². The minimum atomic E-state index is -1.78. The Morgan fingerprint density at radius 1 is 0.353 bits per heavy atom. The number of hydrogen-bond acceptors (Lipinski definition) is 2. The van der Waals surface area contributed by atoms with Crippen molar-refractivity contribution in [2.75, 3.05) is 0 Å². The first kappa shape index (κ1) is 28.9. The van der Waals surface area contributed by atoms with Gasteiger partial charge in [-0.2, -0.15) is 0 Å². The molecule has 2 nitrogen and oxygen atoms in total. The molecular formula is C48H29IO2. The van der Waals surface area contributed by atoms with Crippen LogP contribution >= 0.6 is 19.8 Å². The fraction of sp³-hybridized carbons (Fsp3) is 0. The van der Waals surface area contributed by atoms with Gasteiger partial charge < -0.3 is 0 Å². The van der Waals surface area contributed by atoms with Crippen LogP contribution in [-0.2, 0) is 0 Å². The molecule has 0 fully saturated rings. The minimum absolute atomic E-state index is 0.865. The van der Waals surface area contributed by atoms with E-state index in [0.717, 1.165) is 66.1 Å². The Bertz CT molecular complexity index is 2960. The molecule has 0 bridgehead atoms. The van der Waals surface area contributed by atoms with Gasteiger partial charge in [0.2, 0.25) is 0 Å². The molecule has 240 valence electrons. The number of para-hydroxylation sites is 1. The van der Waals surface area contributed by atoms with Crippen molar-refractivity contribution in [3.63, 3.8) is 0 Å². The van der Waals surface area contributed by atoms with E-state index >= 15 is 0 Å². The summed E-state index contributed by atoms with van der Waals surface area (Å²) >= 11 is -1.78. The average molecular weight is 765 g/mol. The Hall–Kier alpha value is -5.91. The first-order valence-corrected chi connectivity index (χ1v) is 20.5. The molecule has 0 saturated heterocycles. The van der Waals surface area contributed by atoms with Gasteiger partial charge in [-0.1, -0.05) is 42.5 Å². The first-order valence-electron chi connectivity index (χ1n) is 17.2. The molecule has 1 aliphatic rings. The van der Waals surface area contributed by atoms with Gasteiger partial charge in [-0.25, -0.2) is 0 Å². The zero-order valence-electron chi connectivity index (χ0n) is 27.4. The summed E-state index contributed by atoms with van der Waals surface area (Å²) in [5, 5.41) is 4.33. The molecule has 0 unspecified atom stereocenters. The monoisotopic (exact) mass is 764 g/mol. The second-order valence-electron chi connectivity index (χ2n) is 13.1. The van der Waals surface area contributed by atoms with Crippen molar-refractivity contribution in [2.24, 2.45) is 0 Å². The first-order chi connectivity index (χ1) is 25.3. The molecule has 2 aromatic heterocycles. The summed E-state index contributed by atoms with van der Waals surface area (Å²) in [5.41, 5.74) is 13.0. The Morgan fingerprint density at radius 2 is 0.882 bits per heavy atom. The number of fused-ring (bicyclic) bond motifs is 9. The van der Waals surface area contributed by atoms with Gasteiger partial charge in [-0.3, -0.25) is 0 Å². The van der Waals surface area contributed by atoms with Crippen LogP contribution in [0.1, 0.15) is 0 Å². The van der Waals surface area contributed by atoms with Crippen molar-refractivity contribution < 1.29 is 8.83 Å². The fourth-order valence-electron chi connectivity index (χ4n) is 7.96. The summed E-state index contributed by atoms with van der Waals surface area (Å²) in [4.78, 5) is 0. The van der Waals surface area contributed by atoms with Gasteiger partial charge in [0.1, 0.15) is 0 Å². The van der Waals surface area contributed by atoms with Gasteiger partial charge in [-0.15, -0.1) is 0 Å². The smallest absolute Gasteiger partial charge is 0.0616 e. The molecule has 3 heterocycles. The van der Waals surface area contributed by atoms with E-state index in [1.807, 2.05) is 6.07 Å². The normalized spacial score (nSPS) is 13.0. The molecule has 11 rings (SSSR count). The molecule has 1 aliphatic heterocycles. The summed E-state index contributed by atoms with van der Waals surface area (Å²) in [6.45, 7) is 0. The molecule has 51 heavy (non-hydrogen) atoms. The van der Waals surface area contributed by atoms with Crippen LogP contribution in [0.3, 0.4) is 0 Å². The Labute approximate surface area is 302 Å². The Morgan fingerprint density at radius 3 is 1.61 bits per heavy atom. The van der Waals surface area contributed by atoms with Gasteiger partial charge in [0.15, 0.2) is 0 Å². The topological polar surface area (TPSA) is 26.3 Å². The van der Waals surface area contributed by atoms with Crippen LogP contribution < -0.4 is 0 Å². The van der Waals surface area contributed by atoms with Crippen molar-refractivity contribution in [1.82, 2.24) is 0 Å². The second kappa shape index (κ2) is 11.3. The molecule has 10 aromatic rings. The standard InChI is InChI=1S/C48H29IO2/c1-4-14-30(15-5-1)43-45-36-21-11-13-23-41(36)50-47(45)44(31-16-6-2-7-17-31)46-38-29-33(25-27-42(38)51-48(43)46)32-24-26-40-37(28-32)35-20-10-12-22-39(35)49(40)34-18-8-3-9-19-34/h1-29H.